The van der Waals surface area contributed by atoms with Gasteiger partial charge in [0.15, 0.2) is 24.6 Å². The smallest absolute Gasteiger partial charge is 0.335 e. The van der Waals surface area contributed by atoms with Crippen molar-refractivity contribution < 1.29 is 58.2 Å². The van der Waals surface area contributed by atoms with Crippen LogP contribution in [0.3, 0.4) is 0 Å². The minimum Gasteiger partial charge on any atom is -0.479 e. The Bertz CT molecular complexity index is 1780. The topological polar surface area (TPSA) is 175 Å². The molecule has 1 aliphatic rings. The van der Waals surface area contributed by atoms with E-state index in [2.05, 4.69) is 118 Å². The van der Waals surface area contributed by atoms with Crippen LogP contribution in [-0.2, 0) is 42.9 Å². The third-order valence-electron chi connectivity index (χ3n) is 14.1. The van der Waals surface area contributed by atoms with Gasteiger partial charge in [0.2, 0.25) is 0 Å². The first-order valence-electron chi connectivity index (χ1n) is 32.2. The predicted octanol–water partition coefficient (Wildman–Crippen LogP) is 17.2. The fourth-order valence-electron chi connectivity index (χ4n) is 9.25. The molecule has 0 radical (unpaired) electrons. The molecule has 12 heteroatoms. The van der Waals surface area contributed by atoms with E-state index < -0.39 is 67.3 Å². The number of esters is 3. The molecule has 0 bridgehead atoms. The lowest BCUT2D eigenvalue weighted by Gasteiger charge is -2.40. The van der Waals surface area contributed by atoms with Gasteiger partial charge in [0.25, 0.3) is 0 Å². The maximum Gasteiger partial charge on any atom is 0.335 e. The highest BCUT2D eigenvalue weighted by Crippen LogP contribution is 2.26. The number of carbonyl (C=O) groups excluding carboxylic acids is 3. The molecule has 0 aromatic rings. The fraction of sp³-hybridized carbons (Fsp3) is 0.710. The average Bonchev–Trinajstić information content (AvgIpc) is 3.53. The summed E-state index contributed by atoms with van der Waals surface area (Å²) in [6.45, 7) is 5.74. The number of hydrogen-bond acceptors (Lipinski definition) is 11. The number of hydrogen-bond donors (Lipinski definition) is 3. The molecular weight excluding hydrogens is 1020 g/mol. The second kappa shape index (κ2) is 56.1. The predicted molar refractivity (Wildman–Crippen MR) is 331 cm³/mol. The largest absolute Gasteiger partial charge is 0.479 e. The zero-order valence-corrected chi connectivity index (χ0v) is 51.0. The molecule has 0 aromatic carbocycles. The van der Waals surface area contributed by atoms with E-state index in [1.165, 1.54) is 57.8 Å². The molecule has 1 rings (SSSR count). The van der Waals surface area contributed by atoms with Crippen molar-refractivity contribution in [2.75, 3.05) is 13.2 Å². The Labute approximate surface area is 492 Å². The molecule has 0 aromatic heterocycles. The molecule has 6 atom stereocenters. The molecule has 0 aliphatic carbocycles. The van der Waals surface area contributed by atoms with E-state index in [1.807, 2.05) is 0 Å². The Morgan fingerprint density at radius 1 is 0.420 bits per heavy atom. The summed E-state index contributed by atoms with van der Waals surface area (Å²) in [7, 11) is 0. The van der Waals surface area contributed by atoms with Gasteiger partial charge in [-0.15, -0.1) is 0 Å². The number of rotatable bonds is 54. The van der Waals surface area contributed by atoms with Gasteiger partial charge in [-0.1, -0.05) is 227 Å². The summed E-state index contributed by atoms with van der Waals surface area (Å²) in [6, 6.07) is 0. The van der Waals surface area contributed by atoms with E-state index in [0.29, 0.717) is 19.3 Å². The number of aliphatic hydroxyl groups is 2. The zero-order valence-electron chi connectivity index (χ0n) is 51.0. The molecule has 0 spiro atoms. The van der Waals surface area contributed by atoms with Crippen LogP contribution in [0.4, 0.5) is 0 Å². The molecule has 1 heterocycles. The van der Waals surface area contributed by atoms with Gasteiger partial charge in [-0.2, -0.15) is 0 Å². The van der Waals surface area contributed by atoms with E-state index in [9.17, 15) is 34.5 Å². The highest BCUT2D eigenvalue weighted by molar-refractivity contribution is 5.74. The summed E-state index contributed by atoms with van der Waals surface area (Å²) >= 11 is 0. The van der Waals surface area contributed by atoms with Gasteiger partial charge >= 0.3 is 23.9 Å². The van der Waals surface area contributed by atoms with Crippen LogP contribution in [0, 0.1) is 0 Å². The maximum atomic E-state index is 13.2. The van der Waals surface area contributed by atoms with Crippen molar-refractivity contribution in [1.82, 2.24) is 0 Å². The van der Waals surface area contributed by atoms with Crippen molar-refractivity contribution in [3.8, 4) is 0 Å². The van der Waals surface area contributed by atoms with Crippen molar-refractivity contribution in [1.29, 1.82) is 0 Å². The Morgan fingerprint density at radius 2 is 0.778 bits per heavy atom. The van der Waals surface area contributed by atoms with Gasteiger partial charge in [0, 0.05) is 19.3 Å². The van der Waals surface area contributed by atoms with E-state index >= 15 is 0 Å². The van der Waals surface area contributed by atoms with Crippen LogP contribution in [0.25, 0.3) is 0 Å². The molecule has 462 valence electrons. The van der Waals surface area contributed by atoms with Crippen molar-refractivity contribution in [3.63, 3.8) is 0 Å². The standard InChI is InChI=1S/C69H114O12/c1-4-7-10-13-16-19-22-25-28-30-31-33-36-39-42-45-48-51-54-57-63(72)80-67-65(74)64(73)66(68(75)76)81-69(67)78-59-60(79-62(71)56-53-50-47-44-41-38-34-27-24-21-18-15-12-9-6-3)58-77-61(70)55-52-49-46-43-40-37-35-32-29-26-23-20-17-14-11-8-5-2/h8-9,11-12,16-21,25-29,34,60,64-67,69,73-74H,4-7,10,13-15,22-24,30-33,35-59H2,1-3H3,(H,75,76)/b11-8-,12-9-,19-16-,20-17-,21-18-,28-25-,29-26-,34-27-. The molecule has 0 amide bonds. The normalized spacial score (nSPS) is 18.4. The lowest BCUT2D eigenvalue weighted by atomic mass is 9.98. The summed E-state index contributed by atoms with van der Waals surface area (Å²) in [5.74, 6) is -3.16. The first-order chi connectivity index (χ1) is 39.6. The second-order valence-corrected chi connectivity index (χ2v) is 21.6. The maximum absolute atomic E-state index is 13.2. The molecule has 12 nitrogen and oxygen atoms in total. The van der Waals surface area contributed by atoms with Crippen LogP contribution in [0.15, 0.2) is 97.2 Å². The van der Waals surface area contributed by atoms with E-state index in [4.69, 9.17) is 23.7 Å². The first kappa shape index (κ1) is 74.7. The van der Waals surface area contributed by atoms with Crippen LogP contribution in [0.5, 0.6) is 0 Å². The van der Waals surface area contributed by atoms with Gasteiger partial charge < -0.3 is 39.0 Å². The van der Waals surface area contributed by atoms with Crippen molar-refractivity contribution in [2.45, 2.75) is 302 Å². The number of aliphatic carboxylic acids is 1. The van der Waals surface area contributed by atoms with Gasteiger partial charge in [-0.3, -0.25) is 14.4 Å². The van der Waals surface area contributed by atoms with Crippen LogP contribution in [-0.4, -0.2) is 89.2 Å². The van der Waals surface area contributed by atoms with E-state index in [-0.39, 0.29) is 25.9 Å². The fourth-order valence-corrected chi connectivity index (χ4v) is 9.25. The number of unbranched alkanes of at least 4 members (excludes halogenated alkanes) is 24. The first-order valence-corrected chi connectivity index (χ1v) is 32.2. The van der Waals surface area contributed by atoms with Crippen molar-refractivity contribution in [2.24, 2.45) is 0 Å². The van der Waals surface area contributed by atoms with Gasteiger partial charge in [0.05, 0.1) is 6.61 Å². The van der Waals surface area contributed by atoms with Gasteiger partial charge in [0.1, 0.15) is 18.8 Å². The summed E-state index contributed by atoms with van der Waals surface area (Å²) < 4.78 is 28.5. The minimum absolute atomic E-state index is 0.0491. The Kier molecular flexibility index (Phi) is 51.7. The Morgan fingerprint density at radius 3 is 1.19 bits per heavy atom. The molecule has 81 heavy (non-hydrogen) atoms. The van der Waals surface area contributed by atoms with Gasteiger partial charge in [-0.05, 0) is 116 Å². The second-order valence-electron chi connectivity index (χ2n) is 21.6. The van der Waals surface area contributed by atoms with Crippen molar-refractivity contribution in [3.05, 3.63) is 97.2 Å². The lowest BCUT2D eigenvalue weighted by Crippen LogP contribution is -2.61. The average molecular weight is 1140 g/mol. The molecule has 1 fully saturated rings. The molecule has 1 aliphatic heterocycles. The summed E-state index contributed by atoms with van der Waals surface area (Å²) in [6.07, 6.45) is 62.2. The number of aliphatic hydroxyl groups excluding tert-OH is 2. The lowest BCUT2D eigenvalue weighted by molar-refractivity contribution is -0.301. The number of allylic oxidation sites excluding steroid dienone is 16. The Balaban J connectivity index is 2.67. The molecule has 0 saturated carbocycles. The third-order valence-corrected chi connectivity index (χ3v) is 14.1. The molecular formula is C69H114O12. The Hall–Kier alpha value is -4.36. The van der Waals surface area contributed by atoms with Crippen molar-refractivity contribution >= 4 is 23.9 Å². The monoisotopic (exact) mass is 1130 g/mol. The summed E-state index contributed by atoms with van der Waals surface area (Å²) in [5.41, 5.74) is 0. The van der Waals surface area contributed by atoms with Gasteiger partial charge in [-0.25, -0.2) is 4.79 Å². The summed E-state index contributed by atoms with van der Waals surface area (Å²) in [4.78, 5) is 51.3. The summed E-state index contributed by atoms with van der Waals surface area (Å²) in [5, 5.41) is 31.6. The molecule has 6 unspecified atom stereocenters. The van der Waals surface area contributed by atoms with E-state index in [1.54, 1.807) is 0 Å². The van der Waals surface area contributed by atoms with Crippen LogP contribution >= 0.6 is 0 Å². The van der Waals surface area contributed by atoms with E-state index in [0.717, 1.165) is 148 Å². The van der Waals surface area contributed by atoms with Crippen LogP contribution in [0.2, 0.25) is 0 Å². The quantitative estimate of drug-likeness (QED) is 0.0228. The number of carboxylic acid groups (broad SMARTS) is 1. The zero-order chi connectivity index (χ0) is 58.9. The highest BCUT2D eigenvalue weighted by atomic mass is 16.7. The number of ether oxygens (including phenoxy) is 5. The van der Waals surface area contributed by atoms with Crippen LogP contribution < -0.4 is 0 Å². The number of carboxylic acids is 1. The molecule has 3 N–H and O–H groups in total. The van der Waals surface area contributed by atoms with Crippen LogP contribution in [0.1, 0.15) is 265 Å². The highest BCUT2D eigenvalue weighted by Gasteiger charge is 2.50. The minimum atomic E-state index is -1.91. The third kappa shape index (κ3) is 45.8. The number of carbonyl (C=O) groups is 4. The SMILES string of the molecule is CC/C=C\C/C=C\C/C=C\CCCCCCCCCC(=O)OCC(COC1OC(C(=O)O)C(O)C(O)C1OC(=O)CCCCCCCCCCC/C=C\C/C=C\CCCCC)OC(=O)CCCCCCC/C=C\C/C=C\C/C=C\CC. The molecule has 1 saturated heterocycles.